The smallest absolute Gasteiger partial charge is 0.471 e. The van der Waals surface area contributed by atoms with Crippen molar-refractivity contribution in [2.24, 2.45) is 5.73 Å². The number of benzene rings is 1. The van der Waals surface area contributed by atoms with E-state index in [0.717, 1.165) is 6.42 Å². The lowest BCUT2D eigenvalue weighted by Crippen LogP contribution is -2.14. The number of ether oxygens (including phenoxy) is 1. The van der Waals surface area contributed by atoms with Gasteiger partial charge in [0.2, 0.25) is 0 Å². The van der Waals surface area contributed by atoms with Crippen molar-refractivity contribution in [3.63, 3.8) is 0 Å². The summed E-state index contributed by atoms with van der Waals surface area (Å²) in [5, 5.41) is 3.28. The van der Waals surface area contributed by atoms with Gasteiger partial charge in [-0.1, -0.05) is 24.2 Å². The third-order valence-corrected chi connectivity index (χ3v) is 2.65. The summed E-state index contributed by atoms with van der Waals surface area (Å²) in [6.07, 6.45) is -3.84. The molecule has 0 bridgehead atoms. The Morgan fingerprint density at radius 1 is 1.38 bits per heavy atom. The molecule has 2 aromatic rings. The van der Waals surface area contributed by atoms with E-state index in [-0.39, 0.29) is 5.82 Å². The first kappa shape index (κ1) is 15.3. The fourth-order valence-corrected chi connectivity index (χ4v) is 1.64. The molecule has 2 N–H and O–H groups in total. The molecule has 0 amide bonds. The minimum atomic E-state index is -4.68. The predicted octanol–water partition coefficient (Wildman–Crippen LogP) is 2.93. The quantitative estimate of drug-likeness (QED) is 0.919. The van der Waals surface area contributed by atoms with Crippen LogP contribution in [0.25, 0.3) is 0 Å². The van der Waals surface area contributed by atoms with Crippen molar-refractivity contribution < 1.29 is 22.4 Å². The van der Waals surface area contributed by atoms with Crippen LogP contribution in [0.1, 0.15) is 36.7 Å². The third kappa shape index (κ3) is 3.72. The largest absolute Gasteiger partial charge is 0.494 e. The molecule has 0 saturated carbocycles. The maximum atomic E-state index is 12.4. The molecule has 1 aromatic heterocycles. The van der Waals surface area contributed by atoms with Gasteiger partial charge in [-0.25, -0.2) is 0 Å². The highest BCUT2D eigenvalue weighted by Crippen LogP contribution is 2.29. The standard InChI is InChI=1S/C13H14F3N3O2/c1-2-6-20-9-5-3-4-8(7-9)10(17)11-18-12(21-19-11)13(14,15)16/h3-5,7,10H,2,6,17H2,1H3. The molecule has 1 unspecified atom stereocenters. The van der Waals surface area contributed by atoms with Crippen molar-refractivity contribution in [2.45, 2.75) is 25.6 Å². The molecule has 0 aliphatic carbocycles. The van der Waals surface area contributed by atoms with Crippen LogP contribution in [0, 0.1) is 0 Å². The highest BCUT2D eigenvalue weighted by atomic mass is 19.4. The van der Waals surface area contributed by atoms with Gasteiger partial charge in [0.25, 0.3) is 0 Å². The van der Waals surface area contributed by atoms with Crippen molar-refractivity contribution in [1.29, 1.82) is 0 Å². The molecule has 0 aliphatic heterocycles. The lowest BCUT2D eigenvalue weighted by Gasteiger charge is -2.10. The van der Waals surface area contributed by atoms with Gasteiger partial charge in [-0.3, -0.25) is 0 Å². The van der Waals surface area contributed by atoms with Crippen LogP contribution >= 0.6 is 0 Å². The average molecular weight is 301 g/mol. The molecule has 21 heavy (non-hydrogen) atoms. The zero-order chi connectivity index (χ0) is 15.5. The molecular formula is C13H14F3N3O2. The van der Waals surface area contributed by atoms with Crippen molar-refractivity contribution in [3.8, 4) is 5.75 Å². The van der Waals surface area contributed by atoms with Crippen LogP contribution in [0.3, 0.4) is 0 Å². The first-order chi connectivity index (χ1) is 9.91. The molecule has 0 aliphatic rings. The van der Waals surface area contributed by atoms with E-state index < -0.39 is 18.1 Å². The summed E-state index contributed by atoms with van der Waals surface area (Å²) >= 11 is 0. The summed E-state index contributed by atoms with van der Waals surface area (Å²) in [5.41, 5.74) is 6.40. The summed E-state index contributed by atoms with van der Waals surface area (Å²) in [7, 11) is 0. The van der Waals surface area contributed by atoms with E-state index in [9.17, 15) is 13.2 Å². The maximum absolute atomic E-state index is 12.4. The maximum Gasteiger partial charge on any atom is 0.471 e. The molecule has 1 heterocycles. The van der Waals surface area contributed by atoms with E-state index in [1.54, 1.807) is 24.3 Å². The highest BCUT2D eigenvalue weighted by Gasteiger charge is 2.39. The summed E-state index contributed by atoms with van der Waals surface area (Å²) in [5.74, 6) is -1.05. The Balaban J connectivity index is 2.19. The van der Waals surface area contributed by atoms with Gasteiger partial charge in [-0.15, -0.1) is 0 Å². The predicted molar refractivity (Wildman–Crippen MR) is 67.6 cm³/mol. The van der Waals surface area contributed by atoms with Gasteiger partial charge >= 0.3 is 12.1 Å². The number of halogens is 3. The van der Waals surface area contributed by atoms with Crippen LogP contribution in [0.5, 0.6) is 5.75 Å². The summed E-state index contributed by atoms with van der Waals surface area (Å²) in [6, 6.07) is 5.82. The molecule has 114 valence electrons. The lowest BCUT2D eigenvalue weighted by atomic mass is 10.1. The van der Waals surface area contributed by atoms with Gasteiger partial charge in [0, 0.05) is 0 Å². The van der Waals surface area contributed by atoms with Crippen LogP contribution in [0.2, 0.25) is 0 Å². The zero-order valence-corrected chi connectivity index (χ0v) is 11.2. The van der Waals surface area contributed by atoms with Crippen LogP contribution < -0.4 is 10.5 Å². The Kier molecular flexibility index (Phi) is 4.46. The topological polar surface area (TPSA) is 74.2 Å². The molecule has 5 nitrogen and oxygen atoms in total. The van der Waals surface area contributed by atoms with E-state index in [2.05, 4.69) is 14.7 Å². The van der Waals surface area contributed by atoms with Gasteiger partial charge in [0.05, 0.1) is 12.6 Å². The van der Waals surface area contributed by atoms with Crippen LogP contribution in [-0.2, 0) is 6.18 Å². The summed E-state index contributed by atoms with van der Waals surface area (Å²) in [6.45, 7) is 2.51. The van der Waals surface area contributed by atoms with Crippen LogP contribution in [0.4, 0.5) is 13.2 Å². The minimum absolute atomic E-state index is 0.227. The van der Waals surface area contributed by atoms with E-state index in [0.29, 0.717) is 17.9 Å². The van der Waals surface area contributed by atoms with Crippen molar-refractivity contribution >= 4 is 0 Å². The number of nitrogens with two attached hydrogens (primary N) is 1. The molecule has 1 aromatic carbocycles. The number of hydrogen-bond donors (Lipinski definition) is 1. The van der Waals surface area contributed by atoms with E-state index in [1.165, 1.54) is 0 Å². The Morgan fingerprint density at radius 2 is 2.14 bits per heavy atom. The monoisotopic (exact) mass is 301 g/mol. The Hall–Kier alpha value is -2.09. The van der Waals surface area contributed by atoms with Crippen molar-refractivity contribution in [2.75, 3.05) is 6.61 Å². The molecule has 0 saturated heterocycles. The highest BCUT2D eigenvalue weighted by molar-refractivity contribution is 5.32. The number of alkyl halides is 3. The average Bonchev–Trinajstić information content (AvgIpc) is 2.94. The Bertz CT molecular complexity index is 598. The zero-order valence-electron chi connectivity index (χ0n) is 11.2. The number of aromatic nitrogens is 2. The van der Waals surface area contributed by atoms with E-state index in [4.69, 9.17) is 10.5 Å². The first-order valence-electron chi connectivity index (χ1n) is 6.31. The number of rotatable bonds is 5. The van der Waals surface area contributed by atoms with Gasteiger partial charge < -0.3 is 15.0 Å². The summed E-state index contributed by atoms with van der Waals surface area (Å²) < 4.78 is 46.9. The SMILES string of the molecule is CCCOc1cccc(C(N)c2noc(C(F)(F)F)n2)c1. The second-order valence-electron chi connectivity index (χ2n) is 4.35. The van der Waals surface area contributed by atoms with Crippen LogP contribution in [-0.4, -0.2) is 16.7 Å². The first-order valence-corrected chi connectivity index (χ1v) is 6.31. The second-order valence-corrected chi connectivity index (χ2v) is 4.35. The van der Waals surface area contributed by atoms with Gasteiger partial charge in [-0.05, 0) is 24.1 Å². The molecule has 8 heteroatoms. The number of nitrogens with zero attached hydrogens (tertiary/aromatic N) is 2. The van der Waals surface area contributed by atoms with Crippen molar-refractivity contribution in [1.82, 2.24) is 10.1 Å². The van der Waals surface area contributed by atoms with Gasteiger partial charge in [0.15, 0.2) is 5.82 Å². The second kappa shape index (κ2) is 6.13. The van der Waals surface area contributed by atoms with E-state index in [1.807, 2.05) is 6.92 Å². The van der Waals surface area contributed by atoms with Crippen molar-refractivity contribution in [3.05, 3.63) is 41.5 Å². The number of hydrogen-bond acceptors (Lipinski definition) is 5. The molecular weight excluding hydrogens is 287 g/mol. The molecule has 0 spiro atoms. The Morgan fingerprint density at radius 3 is 2.76 bits per heavy atom. The van der Waals surface area contributed by atoms with Crippen LogP contribution in [0.15, 0.2) is 28.8 Å². The molecule has 1 atom stereocenters. The molecule has 2 rings (SSSR count). The molecule has 0 radical (unpaired) electrons. The summed E-state index contributed by atoms with van der Waals surface area (Å²) in [4.78, 5) is 3.28. The fourth-order valence-electron chi connectivity index (χ4n) is 1.64. The third-order valence-electron chi connectivity index (χ3n) is 2.65. The van der Waals surface area contributed by atoms with Gasteiger partial charge in [-0.2, -0.15) is 18.2 Å². The minimum Gasteiger partial charge on any atom is -0.494 e. The normalized spacial score (nSPS) is 13.2. The van der Waals surface area contributed by atoms with Gasteiger partial charge in [0.1, 0.15) is 5.75 Å². The molecule has 0 fully saturated rings. The Labute approximate surface area is 118 Å². The lowest BCUT2D eigenvalue weighted by molar-refractivity contribution is -0.159. The van der Waals surface area contributed by atoms with E-state index >= 15 is 0 Å². The fraction of sp³-hybridized carbons (Fsp3) is 0.385.